The molecule has 4 heteroatoms. The predicted molar refractivity (Wildman–Crippen MR) is 81.0 cm³/mol. The SMILES string of the molecule is CC(CN1CCN(C)C(C)C1)C(N)c1ccccc1F. The summed E-state index contributed by atoms with van der Waals surface area (Å²) in [6, 6.07) is 7.16. The van der Waals surface area contributed by atoms with Crippen LogP contribution in [-0.4, -0.2) is 49.1 Å². The fraction of sp³-hybridized carbons (Fsp3) is 0.625. The highest BCUT2D eigenvalue weighted by molar-refractivity contribution is 5.21. The lowest BCUT2D eigenvalue weighted by molar-refractivity contribution is 0.0906. The van der Waals surface area contributed by atoms with Gasteiger partial charge in [-0.15, -0.1) is 0 Å². The molecular formula is C16H26FN3. The minimum atomic E-state index is -0.244. The van der Waals surface area contributed by atoms with E-state index < -0.39 is 0 Å². The molecule has 3 atom stereocenters. The van der Waals surface area contributed by atoms with E-state index in [1.165, 1.54) is 6.07 Å². The molecule has 0 amide bonds. The second kappa shape index (κ2) is 6.66. The largest absolute Gasteiger partial charge is 0.324 e. The van der Waals surface area contributed by atoms with Gasteiger partial charge < -0.3 is 15.5 Å². The van der Waals surface area contributed by atoms with Crippen LogP contribution in [0.4, 0.5) is 4.39 Å². The van der Waals surface area contributed by atoms with Crippen molar-refractivity contribution in [3.8, 4) is 0 Å². The van der Waals surface area contributed by atoms with Gasteiger partial charge >= 0.3 is 0 Å². The van der Waals surface area contributed by atoms with Crippen LogP contribution in [0.15, 0.2) is 24.3 Å². The Morgan fingerprint density at radius 1 is 1.35 bits per heavy atom. The molecule has 1 aromatic rings. The van der Waals surface area contributed by atoms with Gasteiger partial charge in [-0.3, -0.25) is 0 Å². The van der Waals surface area contributed by atoms with E-state index in [4.69, 9.17) is 5.73 Å². The number of hydrogen-bond donors (Lipinski definition) is 1. The molecule has 0 spiro atoms. The molecule has 1 saturated heterocycles. The fourth-order valence-electron chi connectivity index (χ4n) is 2.86. The van der Waals surface area contributed by atoms with Crippen LogP contribution < -0.4 is 5.73 Å². The van der Waals surface area contributed by atoms with E-state index in [0.717, 1.165) is 26.2 Å². The van der Waals surface area contributed by atoms with Gasteiger partial charge in [0.15, 0.2) is 0 Å². The van der Waals surface area contributed by atoms with Crippen LogP contribution in [0.2, 0.25) is 0 Å². The molecule has 1 aliphatic rings. The third-order valence-corrected chi connectivity index (χ3v) is 4.47. The Labute approximate surface area is 121 Å². The zero-order chi connectivity index (χ0) is 14.7. The zero-order valence-electron chi connectivity index (χ0n) is 12.7. The maximum atomic E-state index is 13.8. The number of rotatable bonds is 4. The minimum Gasteiger partial charge on any atom is -0.324 e. The van der Waals surface area contributed by atoms with Crippen LogP contribution >= 0.6 is 0 Å². The molecule has 3 unspecified atom stereocenters. The maximum Gasteiger partial charge on any atom is 0.127 e. The van der Waals surface area contributed by atoms with Crippen molar-refractivity contribution in [1.82, 2.24) is 9.80 Å². The predicted octanol–water partition coefficient (Wildman–Crippen LogP) is 2.10. The van der Waals surface area contributed by atoms with E-state index >= 15 is 0 Å². The quantitative estimate of drug-likeness (QED) is 0.916. The summed E-state index contributed by atoms with van der Waals surface area (Å²) >= 11 is 0. The first-order valence-electron chi connectivity index (χ1n) is 7.41. The normalized spacial score (nSPS) is 24.6. The van der Waals surface area contributed by atoms with Gasteiger partial charge in [-0.25, -0.2) is 4.39 Å². The van der Waals surface area contributed by atoms with Crippen LogP contribution in [0.3, 0.4) is 0 Å². The van der Waals surface area contributed by atoms with Crippen LogP contribution in [0, 0.1) is 11.7 Å². The molecule has 2 N–H and O–H groups in total. The molecule has 0 radical (unpaired) electrons. The standard InChI is InChI=1S/C16H26FN3/c1-12(10-20-9-8-19(3)13(2)11-20)16(18)14-6-4-5-7-15(14)17/h4-7,12-13,16H,8-11,18H2,1-3H3. The van der Waals surface area contributed by atoms with E-state index in [2.05, 4.69) is 30.7 Å². The Kier molecular flexibility index (Phi) is 5.13. The van der Waals surface area contributed by atoms with Crippen LogP contribution in [0.1, 0.15) is 25.5 Å². The Morgan fingerprint density at radius 3 is 2.70 bits per heavy atom. The number of nitrogens with two attached hydrogens (primary N) is 1. The maximum absolute atomic E-state index is 13.8. The van der Waals surface area contributed by atoms with Crippen molar-refractivity contribution in [1.29, 1.82) is 0 Å². The molecule has 20 heavy (non-hydrogen) atoms. The van der Waals surface area contributed by atoms with Crippen molar-refractivity contribution in [3.05, 3.63) is 35.6 Å². The van der Waals surface area contributed by atoms with E-state index in [9.17, 15) is 4.39 Å². The van der Waals surface area contributed by atoms with Gasteiger partial charge in [0.25, 0.3) is 0 Å². The molecule has 1 aromatic carbocycles. The first-order valence-corrected chi connectivity index (χ1v) is 7.41. The monoisotopic (exact) mass is 279 g/mol. The van der Waals surface area contributed by atoms with Crippen molar-refractivity contribution in [2.45, 2.75) is 25.9 Å². The molecule has 0 saturated carbocycles. The average molecular weight is 279 g/mol. The number of halogens is 1. The fourth-order valence-corrected chi connectivity index (χ4v) is 2.86. The second-order valence-electron chi connectivity index (χ2n) is 6.11. The van der Waals surface area contributed by atoms with Crippen LogP contribution in [0.5, 0.6) is 0 Å². The summed E-state index contributed by atoms with van der Waals surface area (Å²) in [7, 11) is 2.16. The van der Waals surface area contributed by atoms with Gasteiger partial charge in [-0.2, -0.15) is 0 Å². The molecule has 1 aliphatic heterocycles. The van der Waals surface area contributed by atoms with Crippen molar-refractivity contribution in [2.75, 3.05) is 33.2 Å². The molecule has 2 rings (SSSR count). The first-order chi connectivity index (χ1) is 9.49. The minimum absolute atomic E-state index is 0.196. The van der Waals surface area contributed by atoms with Gasteiger partial charge in [-0.1, -0.05) is 25.1 Å². The summed E-state index contributed by atoms with van der Waals surface area (Å²) < 4.78 is 13.8. The highest BCUT2D eigenvalue weighted by Crippen LogP contribution is 2.23. The molecule has 0 bridgehead atoms. The Hall–Kier alpha value is -0.970. The van der Waals surface area contributed by atoms with Crippen molar-refractivity contribution < 1.29 is 4.39 Å². The van der Waals surface area contributed by atoms with Gasteiger partial charge in [0.05, 0.1) is 0 Å². The van der Waals surface area contributed by atoms with E-state index in [1.54, 1.807) is 12.1 Å². The topological polar surface area (TPSA) is 32.5 Å². The third kappa shape index (κ3) is 3.57. The number of piperazine rings is 1. The lowest BCUT2D eigenvalue weighted by atomic mass is 9.94. The van der Waals surface area contributed by atoms with Crippen molar-refractivity contribution in [3.63, 3.8) is 0 Å². The molecular weight excluding hydrogens is 253 g/mol. The van der Waals surface area contributed by atoms with Gasteiger partial charge in [0, 0.05) is 43.8 Å². The molecule has 0 aromatic heterocycles. The average Bonchev–Trinajstić information content (AvgIpc) is 2.42. The lowest BCUT2D eigenvalue weighted by Gasteiger charge is -2.39. The van der Waals surface area contributed by atoms with Crippen LogP contribution in [0.25, 0.3) is 0 Å². The first kappa shape index (κ1) is 15.4. The smallest absolute Gasteiger partial charge is 0.127 e. The highest BCUT2D eigenvalue weighted by atomic mass is 19.1. The van der Waals surface area contributed by atoms with Gasteiger partial charge in [-0.05, 0) is 26.0 Å². The Balaban J connectivity index is 1.95. The Morgan fingerprint density at radius 2 is 2.05 bits per heavy atom. The van der Waals surface area contributed by atoms with Crippen molar-refractivity contribution in [2.24, 2.45) is 11.7 Å². The van der Waals surface area contributed by atoms with Gasteiger partial charge in [0.2, 0.25) is 0 Å². The summed E-state index contributed by atoms with van der Waals surface area (Å²) in [6.45, 7) is 8.49. The zero-order valence-corrected chi connectivity index (χ0v) is 12.7. The molecule has 1 fully saturated rings. The highest BCUT2D eigenvalue weighted by Gasteiger charge is 2.25. The van der Waals surface area contributed by atoms with Crippen molar-refractivity contribution >= 4 is 0 Å². The number of hydrogen-bond acceptors (Lipinski definition) is 3. The summed E-state index contributed by atoms with van der Waals surface area (Å²) in [5, 5.41) is 0. The summed E-state index contributed by atoms with van der Waals surface area (Å²) in [5.41, 5.74) is 6.87. The molecule has 112 valence electrons. The van der Waals surface area contributed by atoms with E-state index in [-0.39, 0.29) is 17.8 Å². The summed E-state index contributed by atoms with van der Waals surface area (Å²) in [4.78, 5) is 4.81. The Bertz CT molecular complexity index is 437. The summed E-state index contributed by atoms with van der Waals surface area (Å²) in [6.07, 6.45) is 0. The molecule has 3 nitrogen and oxygen atoms in total. The summed E-state index contributed by atoms with van der Waals surface area (Å²) in [5.74, 6) is 0.0427. The second-order valence-corrected chi connectivity index (χ2v) is 6.11. The lowest BCUT2D eigenvalue weighted by Crippen LogP contribution is -2.51. The third-order valence-electron chi connectivity index (χ3n) is 4.47. The van der Waals surface area contributed by atoms with E-state index in [1.807, 2.05) is 6.07 Å². The van der Waals surface area contributed by atoms with E-state index in [0.29, 0.717) is 11.6 Å². The number of nitrogens with zero attached hydrogens (tertiary/aromatic N) is 2. The molecule has 1 heterocycles. The number of likely N-dealkylation sites (N-methyl/N-ethyl adjacent to an activating group) is 1. The van der Waals surface area contributed by atoms with Crippen LogP contribution in [-0.2, 0) is 0 Å². The van der Waals surface area contributed by atoms with Gasteiger partial charge in [0.1, 0.15) is 5.82 Å². The molecule has 0 aliphatic carbocycles. The number of benzene rings is 1.